The monoisotopic (exact) mass is 195 g/mol. The van der Waals surface area contributed by atoms with E-state index in [4.69, 9.17) is 0 Å². The normalized spacial score (nSPS) is 11.6. The van der Waals surface area contributed by atoms with E-state index in [9.17, 15) is 5.11 Å². The zero-order chi connectivity index (χ0) is 10.6. The molecule has 1 rings (SSSR count). The Morgan fingerprint density at radius 3 is 1.93 bits per heavy atom. The number of aromatic hydroxyl groups is 1. The quantitative estimate of drug-likeness (QED) is 0.517. The summed E-state index contributed by atoms with van der Waals surface area (Å²) in [5, 5.41) is 19.0. The Morgan fingerprint density at radius 2 is 1.50 bits per heavy atom. The van der Waals surface area contributed by atoms with Crippen molar-refractivity contribution in [3.05, 3.63) is 29.8 Å². The molecule has 0 bridgehead atoms. The summed E-state index contributed by atoms with van der Waals surface area (Å²) in [6.07, 6.45) is 0. The molecule has 4 heteroatoms. The highest BCUT2D eigenvalue weighted by atomic mass is 16.3. The second-order valence-electron chi connectivity index (χ2n) is 3.02. The van der Waals surface area contributed by atoms with Crippen molar-refractivity contribution in [2.24, 2.45) is 0 Å². The highest BCUT2D eigenvalue weighted by molar-refractivity contribution is 5.37. The first kappa shape index (κ1) is 11.0. The number of hydrogen-bond acceptors (Lipinski definition) is 4. The van der Waals surface area contributed by atoms with Gasteiger partial charge in [-0.1, -0.05) is 18.2 Å². The molecular formula is C10H17N3O. The van der Waals surface area contributed by atoms with Crippen LogP contribution in [-0.2, 0) is 5.79 Å². The van der Waals surface area contributed by atoms with Gasteiger partial charge in [0.1, 0.15) is 5.75 Å². The zero-order valence-electron chi connectivity index (χ0n) is 8.76. The number of nitrogens with one attached hydrogen (secondary N) is 3. The summed E-state index contributed by atoms with van der Waals surface area (Å²) >= 11 is 0. The average Bonchev–Trinajstić information content (AvgIpc) is 2.24. The lowest BCUT2D eigenvalue weighted by Gasteiger charge is -2.33. The van der Waals surface area contributed by atoms with Crippen molar-refractivity contribution >= 4 is 0 Å². The van der Waals surface area contributed by atoms with Crippen LogP contribution in [0, 0.1) is 0 Å². The fourth-order valence-corrected chi connectivity index (χ4v) is 1.57. The molecule has 4 N–H and O–H groups in total. The lowest BCUT2D eigenvalue weighted by molar-refractivity contribution is 0.242. The number of para-hydroxylation sites is 1. The van der Waals surface area contributed by atoms with E-state index in [0.29, 0.717) is 0 Å². The minimum atomic E-state index is -0.592. The first-order valence-electron chi connectivity index (χ1n) is 4.55. The molecule has 0 heterocycles. The smallest absolute Gasteiger partial charge is 0.153 e. The van der Waals surface area contributed by atoms with Crippen LogP contribution in [-0.4, -0.2) is 26.2 Å². The van der Waals surface area contributed by atoms with Gasteiger partial charge in [-0.3, -0.25) is 16.0 Å². The van der Waals surface area contributed by atoms with Gasteiger partial charge in [-0.2, -0.15) is 0 Å². The summed E-state index contributed by atoms with van der Waals surface area (Å²) in [7, 11) is 5.46. The molecule has 1 aromatic rings. The molecule has 0 spiro atoms. The fraction of sp³-hybridized carbons (Fsp3) is 0.400. The molecule has 1 aromatic carbocycles. The summed E-state index contributed by atoms with van der Waals surface area (Å²) in [6, 6.07) is 7.20. The fourth-order valence-electron chi connectivity index (χ4n) is 1.57. The summed E-state index contributed by atoms with van der Waals surface area (Å²) in [4.78, 5) is 0. The van der Waals surface area contributed by atoms with Crippen LogP contribution in [0.3, 0.4) is 0 Å². The molecule has 4 nitrogen and oxygen atoms in total. The van der Waals surface area contributed by atoms with Gasteiger partial charge in [0, 0.05) is 5.56 Å². The van der Waals surface area contributed by atoms with Crippen molar-refractivity contribution in [2.45, 2.75) is 5.79 Å². The largest absolute Gasteiger partial charge is 0.507 e. The van der Waals surface area contributed by atoms with Gasteiger partial charge >= 0.3 is 0 Å². The number of phenols is 1. The van der Waals surface area contributed by atoms with Crippen LogP contribution in [0.15, 0.2) is 24.3 Å². The second-order valence-corrected chi connectivity index (χ2v) is 3.02. The van der Waals surface area contributed by atoms with Gasteiger partial charge < -0.3 is 5.11 Å². The third kappa shape index (κ3) is 1.72. The van der Waals surface area contributed by atoms with Crippen molar-refractivity contribution in [1.82, 2.24) is 16.0 Å². The number of benzene rings is 1. The van der Waals surface area contributed by atoms with Crippen molar-refractivity contribution in [2.75, 3.05) is 21.1 Å². The third-order valence-electron chi connectivity index (χ3n) is 2.43. The van der Waals surface area contributed by atoms with E-state index in [1.54, 1.807) is 12.1 Å². The number of rotatable bonds is 4. The lowest BCUT2D eigenvalue weighted by atomic mass is 10.1. The van der Waals surface area contributed by atoms with Gasteiger partial charge in [0.25, 0.3) is 0 Å². The van der Waals surface area contributed by atoms with Gasteiger partial charge in [-0.15, -0.1) is 0 Å². The molecule has 0 amide bonds. The highest BCUT2D eigenvalue weighted by Crippen LogP contribution is 2.24. The Labute approximate surface area is 84.3 Å². The van der Waals surface area contributed by atoms with Crippen molar-refractivity contribution < 1.29 is 5.11 Å². The van der Waals surface area contributed by atoms with E-state index >= 15 is 0 Å². The minimum Gasteiger partial charge on any atom is -0.507 e. The SMILES string of the molecule is CNC(NC)(NC)c1ccccc1O. The van der Waals surface area contributed by atoms with Crippen molar-refractivity contribution in [3.8, 4) is 5.75 Å². The minimum absolute atomic E-state index is 0.255. The molecule has 0 radical (unpaired) electrons. The van der Waals surface area contributed by atoms with Gasteiger partial charge in [-0.05, 0) is 27.2 Å². The summed E-state index contributed by atoms with van der Waals surface area (Å²) in [5.74, 6) is -0.337. The first-order valence-corrected chi connectivity index (χ1v) is 4.55. The predicted molar refractivity (Wildman–Crippen MR) is 57.0 cm³/mol. The topological polar surface area (TPSA) is 56.3 Å². The highest BCUT2D eigenvalue weighted by Gasteiger charge is 2.28. The van der Waals surface area contributed by atoms with Crippen LogP contribution in [0.5, 0.6) is 5.75 Å². The van der Waals surface area contributed by atoms with Crippen molar-refractivity contribution in [3.63, 3.8) is 0 Å². The summed E-state index contributed by atoms with van der Waals surface area (Å²) in [6.45, 7) is 0. The Balaban J connectivity index is 3.17. The standard InChI is InChI=1S/C10H17N3O/c1-11-10(12-2,13-3)8-6-4-5-7-9(8)14/h4-7,11-14H,1-3H3. The second kappa shape index (κ2) is 4.41. The van der Waals surface area contributed by atoms with E-state index in [0.717, 1.165) is 5.56 Å². The van der Waals surface area contributed by atoms with Crippen LogP contribution in [0.4, 0.5) is 0 Å². The van der Waals surface area contributed by atoms with Gasteiger partial charge in [-0.25, -0.2) is 0 Å². The average molecular weight is 195 g/mol. The molecule has 0 aromatic heterocycles. The Kier molecular flexibility index (Phi) is 3.46. The van der Waals surface area contributed by atoms with Crippen LogP contribution in [0.25, 0.3) is 0 Å². The third-order valence-corrected chi connectivity index (χ3v) is 2.43. The Morgan fingerprint density at radius 1 is 1.00 bits per heavy atom. The van der Waals surface area contributed by atoms with Crippen LogP contribution in [0.1, 0.15) is 5.56 Å². The van der Waals surface area contributed by atoms with E-state index < -0.39 is 5.79 Å². The predicted octanol–water partition coefficient (Wildman–Crippen LogP) is 0.161. The Bertz CT molecular complexity index is 289. The molecular weight excluding hydrogens is 178 g/mol. The maximum absolute atomic E-state index is 9.72. The van der Waals surface area contributed by atoms with Crippen LogP contribution >= 0.6 is 0 Å². The van der Waals surface area contributed by atoms with E-state index in [1.807, 2.05) is 33.3 Å². The van der Waals surface area contributed by atoms with E-state index in [1.165, 1.54) is 0 Å². The molecule has 0 unspecified atom stereocenters. The number of phenolic OH excluding ortho intramolecular Hbond substituents is 1. The molecule has 0 aliphatic heterocycles. The Hall–Kier alpha value is -1.10. The first-order chi connectivity index (χ1) is 6.70. The molecule has 0 fully saturated rings. The van der Waals surface area contributed by atoms with Gasteiger partial charge in [0.05, 0.1) is 0 Å². The lowest BCUT2D eigenvalue weighted by Crippen LogP contribution is -2.60. The molecule has 0 aliphatic rings. The van der Waals surface area contributed by atoms with E-state index in [-0.39, 0.29) is 5.75 Å². The molecule has 78 valence electrons. The zero-order valence-corrected chi connectivity index (χ0v) is 8.76. The maximum atomic E-state index is 9.72. The summed E-state index contributed by atoms with van der Waals surface area (Å²) in [5.41, 5.74) is 0.771. The molecule has 0 aliphatic carbocycles. The number of hydrogen-bond donors (Lipinski definition) is 4. The maximum Gasteiger partial charge on any atom is 0.153 e. The molecule has 0 atom stereocenters. The van der Waals surface area contributed by atoms with Crippen LogP contribution in [0.2, 0.25) is 0 Å². The van der Waals surface area contributed by atoms with Crippen molar-refractivity contribution in [1.29, 1.82) is 0 Å². The van der Waals surface area contributed by atoms with E-state index in [2.05, 4.69) is 16.0 Å². The molecule has 0 saturated heterocycles. The van der Waals surface area contributed by atoms with Gasteiger partial charge in [0.2, 0.25) is 0 Å². The molecule has 0 saturated carbocycles. The summed E-state index contributed by atoms with van der Waals surface area (Å²) < 4.78 is 0. The van der Waals surface area contributed by atoms with Gasteiger partial charge in [0.15, 0.2) is 5.79 Å². The molecule has 14 heavy (non-hydrogen) atoms. The van der Waals surface area contributed by atoms with Crippen LogP contribution < -0.4 is 16.0 Å².